The van der Waals surface area contributed by atoms with Crippen molar-refractivity contribution in [2.75, 3.05) is 0 Å². The standard InChI is InChI=1S/C15H10N2O/c18-15-10-6-2-1-5-9(10)13-14(17-15)11-7-3-4-8-12(11)16-13/h1-4,6-8H,5H2,(H,17,18). The Morgan fingerprint density at radius 2 is 2.11 bits per heavy atom. The van der Waals surface area contributed by atoms with E-state index >= 15 is 0 Å². The van der Waals surface area contributed by atoms with E-state index in [9.17, 15) is 4.79 Å². The highest BCUT2D eigenvalue weighted by Gasteiger charge is 2.13. The molecule has 0 amide bonds. The SMILES string of the molecule is O=c1[nH]c2c(c3c1=CC=CC3)N=c1ccccc1=2. The zero-order valence-electron chi connectivity index (χ0n) is 9.60. The molecule has 1 aliphatic carbocycles. The summed E-state index contributed by atoms with van der Waals surface area (Å²) in [7, 11) is 0. The number of hydrogen-bond donors (Lipinski definition) is 1. The maximum Gasteiger partial charge on any atom is 0.256 e. The summed E-state index contributed by atoms with van der Waals surface area (Å²) in [5.41, 5.74) is 1.93. The Hall–Kier alpha value is -2.42. The van der Waals surface area contributed by atoms with E-state index in [0.29, 0.717) is 0 Å². The van der Waals surface area contributed by atoms with Crippen molar-refractivity contribution in [3.8, 4) is 0 Å². The lowest BCUT2D eigenvalue weighted by molar-refractivity contribution is 1.08. The van der Waals surface area contributed by atoms with Gasteiger partial charge in [-0.2, -0.15) is 0 Å². The highest BCUT2D eigenvalue weighted by atomic mass is 16.1. The Balaban J connectivity index is 2.34. The minimum Gasteiger partial charge on any atom is -0.320 e. The van der Waals surface area contributed by atoms with Gasteiger partial charge in [-0.1, -0.05) is 30.4 Å². The van der Waals surface area contributed by atoms with Crippen LogP contribution in [0.15, 0.2) is 46.2 Å². The summed E-state index contributed by atoms with van der Waals surface area (Å²) in [6, 6.07) is 7.90. The first-order valence-corrected chi connectivity index (χ1v) is 5.95. The summed E-state index contributed by atoms with van der Waals surface area (Å²) in [4.78, 5) is 19.7. The van der Waals surface area contributed by atoms with Gasteiger partial charge in [-0.3, -0.25) is 4.79 Å². The van der Waals surface area contributed by atoms with E-state index in [1.807, 2.05) is 36.4 Å². The molecule has 3 nitrogen and oxygen atoms in total. The summed E-state index contributed by atoms with van der Waals surface area (Å²) >= 11 is 0. The lowest BCUT2D eigenvalue weighted by atomic mass is 10.0. The van der Waals surface area contributed by atoms with E-state index in [4.69, 9.17) is 0 Å². The second-order valence-corrected chi connectivity index (χ2v) is 4.50. The van der Waals surface area contributed by atoms with Crippen LogP contribution in [-0.4, -0.2) is 4.98 Å². The summed E-state index contributed by atoms with van der Waals surface area (Å²) < 4.78 is 0. The highest BCUT2D eigenvalue weighted by Crippen LogP contribution is 2.20. The molecular formula is C15H10N2O. The number of rotatable bonds is 0. The molecule has 2 aliphatic rings. The van der Waals surface area contributed by atoms with Gasteiger partial charge in [0.2, 0.25) is 0 Å². The first-order chi connectivity index (χ1) is 8.84. The first-order valence-electron chi connectivity index (χ1n) is 5.95. The molecule has 1 aromatic heterocycles. The molecule has 86 valence electrons. The Morgan fingerprint density at radius 3 is 3.06 bits per heavy atom. The molecule has 0 spiro atoms. The van der Waals surface area contributed by atoms with Gasteiger partial charge in [-0.05, 0) is 24.1 Å². The Kier molecular flexibility index (Phi) is 1.75. The molecule has 0 bridgehead atoms. The second kappa shape index (κ2) is 3.29. The average molecular weight is 234 g/mol. The average Bonchev–Trinajstić information content (AvgIpc) is 2.78. The maximum atomic E-state index is 12.1. The van der Waals surface area contributed by atoms with Crippen molar-refractivity contribution in [1.82, 2.24) is 4.98 Å². The third-order valence-electron chi connectivity index (χ3n) is 3.46. The van der Waals surface area contributed by atoms with Gasteiger partial charge in [0.1, 0.15) is 0 Å². The van der Waals surface area contributed by atoms with Crippen LogP contribution in [0.25, 0.3) is 6.08 Å². The molecule has 0 saturated carbocycles. The number of allylic oxidation sites excluding steroid dienone is 2. The van der Waals surface area contributed by atoms with Crippen LogP contribution in [0.4, 0.5) is 5.69 Å². The fourth-order valence-corrected chi connectivity index (χ4v) is 2.61. The largest absolute Gasteiger partial charge is 0.320 e. The number of pyridine rings is 1. The molecule has 1 aliphatic heterocycles. The van der Waals surface area contributed by atoms with Gasteiger partial charge in [0.25, 0.3) is 5.56 Å². The van der Waals surface area contributed by atoms with E-state index in [1.165, 1.54) is 0 Å². The first kappa shape index (κ1) is 9.59. The van der Waals surface area contributed by atoms with Crippen LogP contribution in [-0.2, 0) is 6.42 Å². The van der Waals surface area contributed by atoms with Gasteiger partial charge in [-0.25, -0.2) is 4.99 Å². The summed E-state index contributed by atoms with van der Waals surface area (Å²) in [5.74, 6) is 0. The predicted molar refractivity (Wildman–Crippen MR) is 68.9 cm³/mol. The van der Waals surface area contributed by atoms with Crippen LogP contribution in [0.5, 0.6) is 0 Å². The van der Waals surface area contributed by atoms with Crippen LogP contribution >= 0.6 is 0 Å². The Morgan fingerprint density at radius 1 is 1.22 bits per heavy atom. The van der Waals surface area contributed by atoms with Crippen LogP contribution in [0.1, 0.15) is 5.56 Å². The van der Waals surface area contributed by atoms with Crippen LogP contribution in [0.3, 0.4) is 0 Å². The number of aromatic amines is 1. The van der Waals surface area contributed by atoms with Crippen molar-refractivity contribution in [3.05, 3.63) is 73.5 Å². The van der Waals surface area contributed by atoms with Crippen LogP contribution < -0.4 is 16.1 Å². The minimum absolute atomic E-state index is 0.0278. The molecule has 1 aromatic carbocycles. The van der Waals surface area contributed by atoms with E-state index in [-0.39, 0.29) is 5.56 Å². The smallest absolute Gasteiger partial charge is 0.256 e. The number of nitrogens with one attached hydrogen (secondary N) is 1. The lowest BCUT2D eigenvalue weighted by Gasteiger charge is -2.05. The van der Waals surface area contributed by atoms with Gasteiger partial charge < -0.3 is 4.98 Å². The number of fused-ring (bicyclic) bond motifs is 4. The summed E-state index contributed by atoms with van der Waals surface area (Å²) in [5, 5.41) is 3.55. The number of H-pyrrole nitrogens is 1. The number of benzene rings is 1. The van der Waals surface area contributed by atoms with E-state index in [2.05, 4.69) is 16.1 Å². The second-order valence-electron chi connectivity index (χ2n) is 4.50. The topological polar surface area (TPSA) is 45.2 Å². The van der Waals surface area contributed by atoms with Gasteiger partial charge in [0.05, 0.1) is 16.4 Å². The molecule has 0 unspecified atom stereocenters. The zero-order valence-corrected chi connectivity index (χ0v) is 9.60. The Labute approximate surface area is 102 Å². The molecule has 2 heterocycles. The normalized spacial score (nSPS) is 14.2. The third kappa shape index (κ3) is 1.13. The number of nitrogens with zero attached hydrogens (tertiary/aromatic N) is 1. The van der Waals surface area contributed by atoms with Crippen molar-refractivity contribution in [2.24, 2.45) is 4.99 Å². The minimum atomic E-state index is -0.0278. The van der Waals surface area contributed by atoms with Crippen molar-refractivity contribution < 1.29 is 0 Å². The lowest BCUT2D eigenvalue weighted by Crippen LogP contribution is -2.31. The highest BCUT2D eigenvalue weighted by molar-refractivity contribution is 5.55. The molecule has 18 heavy (non-hydrogen) atoms. The van der Waals surface area contributed by atoms with Crippen LogP contribution in [0, 0.1) is 10.6 Å². The molecule has 0 radical (unpaired) electrons. The van der Waals surface area contributed by atoms with Crippen molar-refractivity contribution in [1.29, 1.82) is 0 Å². The molecule has 0 saturated heterocycles. The molecular weight excluding hydrogens is 224 g/mol. The molecule has 3 heteroatoms. The molecule has 4 rings (SSSR count). The molecule has 0 fully saturated rings. The monoisotopic (exact) mass is 234 g/mol. The van der Waals surface area contributed by atoms with Crippen molar-refractivity contribution >= 4 is 11.8 Å². The molecule has 1 N–H and O–H groups in total. The van der Waals surface area contributed by atoms with Gasteiger partial charge in [0.15, 0.2) is 0 Å². The molecule has 2 aromatic rings. The van der Waals surface area contributed by atoms with Crippen LogP contribution in [0.2, 0.25) is 0 Å². The van der Waals surface area contributed by atoms with Gasteiger partial charge in [-0.15, -0.1) is 0 Å². The fourth-order valence-electron chi connectivity index (χ4n) is 2.61. The number of hydrogen-bond acceptors (Lipinski definition) is 2. The zero-order chi connectivity index (χ0) is 12.1. The quantitative estimate of drug-likeness (QED) is 0.615. The fraction of sp³-hybridized carbons (Fsp3) is 0.0667. The maximum absolute atomic E-state index is 12.1. The van der Waals surface area contributed by atoms with Gasteiger partial charge in [0, 0.05) is 10.4 Å². The van der Waals surface area contributed by atoms with Crippen molar-refractivity contribution in [3.63, 3.8) is 0 Å². The van der Waals surface area contributed by atoms with E-state index in [1.54, 1.807) is 0 Å². The summed E-state index contributed by atoms with van der Waals surface area (Å²) in [6.45, 7) is 0. The van der Waals surface area contributed by atoms with E-state index in [0.717, 1.165) is 38.8 Å². The van der Waals surface area contributed by atoms with Crippen molar-refractivity contribution in [2.45, 2.75) is 6.42 Å². The number of para-hydroxylation sites is 1. The van der Waals surface area contributed by atoms with Gasteiger partial charge >= 0.3 is 0 Å². The summed E-state index contributed by atoms with van der Waals surface area (Å²) in [6.07, 6.45) is 6.61. The predicted octanol–water partition coefficient (Wildman–Crippen LogP) is 0.819. The number of aromatic nitrogens is 1. The van der Waals surface area contributed by atoms with E-state index < -0.39 is 0 Å². The molecule has 0 atom stereocenters. The Bertz CT molecular complexity index is 965. The third-order valence-corrected chi connectivity index (χ3v) is 3.46.